The third-order valence-corrected chi connectivity index (χ3v) is 9.81. The van der Waals surface area contributed by atoms with Gasteiger partial charge in [0, 0.05) is 12.8 Å². The number of allylic oxidation sites excluding steroid dienone is 2. The molecule has 0 heterocycles. The number of ether oxygens (including phenoxy) is 1. The Balaban J connectivity index is 3.47. The maximum Gasteiger partial charge on any atom is 0.305 e. The quantitative estimate of drug-likeness (QED) is 0.0338. The molecule has 0 spiro atoms. The van der Waals surface area contributed by atoms with Crippen LogP contribution in [0, 0.1) is 0 Å². The number of esters is 1. The van der Waals surface area contributed by atoms with Gasteiger partial charge < -0.3 is 20.3 Å². The number of aliphatic hydroxyl groups excluding tert-OH is 2. The normalized spacial score (nSPS) is 12.8. The molecule has 0 aliphatic rings. The zero-order valence-corrected chi connectivity index (χ0v) is 32.7. The van der Waals surface area contributed by atoms with Crippen LogP contribution in [0.2, 0.25) is 0 Å². The maximum atomic E-state index is 12.3. The van der Waals surface area contributed by atoms with Gasteiger partial charge >= 0.3 is 5.97 Å². The number of carbonyl (C=O) groups excluding carboxylic acids is 2. The summed E-state index contributed by atoms with van der Waals surface area (Å²) in [6.45, 7) is 4.85. The number of amides is 1. The van der Waals surface area contributed by atoms with Crippen LogP contribution in [0.25, 0.3) is 0 Å². The molecule has 0 saturated carbocycles. The highest BCUT2D eigenvalue weighted by Crippen LogP contribution is 2.15. The molecule has 6 nitrogen and oxygen atoms in total. The van der Waals surface area contributed by atoms with Crippen LogP contribution in [0.4, 0.5) is 0 Å². The van der Waals surface area contributed by atoms with E-state index in [0.29, 0.717) is 25.9 Å². The number of nitrogens with one attached hydrogen (secondary N) is 1. The first-order valence-corrected chi connectivity index (χ1v) is 21.4. The van der Waals surface area contributed by atoms with Crippen molar-refractivity contribution in [2.75, 3.05) is 13.2 Å². The summed E-state index contributed by atoms with van der Waals surface area (Å²) < 4.78 is 5.42. The van der Waals surface area contributed by atoms with Crippen LogP contribution in [0.15, 0.2) is 12.2 Å². The highest BCUT2D eigenvalue weighted by molar-refractivity contribution is 5.76. The molecule has 290 valence electrons. The van der Waals surface area contributed by atoms with Crippen molar-refractivity contribution in [2.45, 2.75) is 238 Å². The highest BCUT2D eigenvalue weighted by Gasteiger charge is 2.20. The van der Waals surface area contributed by atoms with E-state index < -0.39 is 12.1 Å². The number of hydrogen-bond donors (Lipinski definition) is 3. The van der Waals surface area contributed by atoms with Gasteiger partial charge in [0.15, 0.2) is 0 Å². The Morgan fingerprint density at radius 2 is 0.959 bits per heavy atom. The largest absolute Gasteiger partial charge is 0.466 e. The first-order valence-electron chi connectivity index (χ1n) is 21.4. The van der Waals surface area contributed by atoms with Gasteiger partial charge in [-0.3, -0.25) is 9.59 Å². The van der Waals surface area contributed by atoms with Crippen molar-refractivity contribution in [1.29, 1.82) is 0 Å². The Morgan fingerprint density at radius 1 is 0.551 bits per heavy atom. The monoisotopic (exact) mass is 694 g/mol. The van der Waals surface area contributed by atoms with E-state index in [4.69, 9.17) is 4.74 Å². The second-order valence-electron chi connectivity index (χ2n) is 14.7. The summed E-state index contributed by atoms with van der Waals surface area (Å²) in [5.41, 5.74) is 0. The van der Waals surface area contributed by atoms with Crippen LogP contribution in [0.1, 0.15) is 226 Å². The lowest BCUT2D eigenvalue weighted by molar-refractivity contribution is -0.143. The van der Waals surface area contributed by atoms with E-state index in [1.165, 1.54) is 135 Å². The summed E-state index contributed by atoms with van der Waals surface area (Å²) >= 11 is 0. The standard InChI is InChI=1S/C43H83NO5/c1-3-5-7-9-11-13-14-17-21-25-29-33-37-43(48)49-38-34-30-26-22-18-15-16-20-24-28-32-36-42(47)44-40(39-45)41(46)35-31-27-23-19-12-10-8-6-4-2/h11,13,40-41,45-46H,3-10,12,14-39H2,1-2H3,(H,44,47)/b13-11-. The van der Waals surface area contributed by atoms with Gasteiger partial charge in [-0.05, 0) is 51.4 Å². The molecule has 1 amide bonds. The molecule has 2 unspecified atom stereocenters. The van der Waals surface area contributed by atoms with Gasteiger partial charge in [0.25, 0.3) is 0 Å². The van der Waals surface area contributed by atoms with Gasteiger partial charge in [0.05, 0.1) is 25.4 Å². The van der Waals surface area contributed by atoms with Crippen molar-refractivity contribution in [3.05, 3.63) is 12.2 Å². The van der Waals surface area contributed by atoms with Gasteiger partial charge in [-0.1, -0.05) is 174 Å². The first-order chi connectivity index (χ1) is 24.0. The van der Waals surface area contributed by atoms with Crippen molar-refractivity contribution < 1.29 is 24.5 Å². The van der Waals surface area contributed by atoms with Crippen LogP contribution >= 0.6 is 0 Å². The summed E-state index contributed by atoms with van der Waals surface area (Å²) in [7, 11) is 0. The van der Waals surface area contributed by atoms with Gasteiger partial charge in [0.2, 0.25) is 5.91 Å². The van der Waals surface area contributed by atoms with Crippen LogP contribution in [-0.2, 0) is 14.3 Å². The fourth-order valence-electron chi connectivity index (χ4n) is 6.45. The van der Waals surface area contributed by atoms with Gasteiger partial charge in [0.1, 0.15) is 0 Å². The lowest BCUT2D eigenvalue weighted by Gasteiger charge is -2.22. The first kappa shape index (κ1) is 47.6. The average Bonchev–Trinajstić information content (AvgIpc) is 3.10. The third-order valence-electron chi connectivity index (χ3n) is 9.81. The predicted octanol–water partition coefficient (Wildman–Crippen LogP) is 11.8. The van der Waals surface area contributed by atoms with Crippen molar-refractivity contribution >= 4 is 11.9 Å². The molecule has 0 aliphatic carbocycles. The van der Waals surface area contributed by atoms with E-state index in [9.17, 15) is 19.8 Å². The summed E-state index contributed by atoms with van der Waals surface area (Å²) in [5.74, 6) is -0.0823. The number of unbranched alkanes of at least 4 members (excludes halogenated alkanes) is 26. The van der Waals surface area contributed by atoms with Gasteiger partial charge in [-0.2, -0.15) is 0 Å². The molecule has 0 aliphatic heterocycles. The molecule has 0 aromatic carbocycles. The molecular formula is C43H83NO5. The molecule has 0 aromatic rings. The molecule has 49 heavy (non-hydrogen) atoms. The van der Waals surface area contributed by atoms with Gasteiger partial charge in [-0.15, -0.1) is 0 Å². The Morgan fingerprint density at radius 3 is 1.49 bits per heavy atom. The average molecular weight is 694 g/mol. The molecule has 3 N–H and O–H groups in total. The van der Waals surface area contributed by atoms with E-state index in [1.807, 2.05) is 0 Å². The molecule has 0 rings (SSSR count). The van der Waals surface area contributed by atoms with Crippen LogP contribution in [0.5, 0.6) is 0 Å². The maximum absolute atomic E-state index is 12.3. The molecule has 0 bridgehead atoms. The van der Waals surface area contributed by atoms with E-state index in [1.54, 1.807) is 0 Å². The van der Waals surface area contributed by atoms with E-state index in [2.05, 4.69) is 31.3 Å². The van der Waals surface area contributed by atoms with E-state index in [-0.39, 0.29) is 18.5 Å². The SMILES string of the molecule is CCCCC/C=C\CCCCCCCC(=O)OCCCCCCCCCCCCCC(=O)NC(CO)C(O)CCCCCCCCCCC. The lowest BCUT2D eigenvalue weighted by atomic mass is 10.0. The molecule has 0 aromatic heterocycles. The Bertz CT molecular complexity index is 727. The minimum absolute atomic E-state index is 0.0246. The van der Waals surface area contributed by atoms with Crippen LogP contribution in [0.3, 0.4) is 0 Å². The van der Waals surface area contributed by atoms with Crippen LogP contribution < -0.4 is 5.32 Å². The number of carbonyl (C=O) groups is 2. The Labute approximate surface area is 304 Å². The Kier molecular flexibility index (Phi) is 38.3. The minimum Gasteiger partial charge on any atom is -0.466 e. The fourth-order valence-corrected chi connectivity index (χ4v) is 6.45. The number of aliphatic hydroxyl groups is 2. The van der Waals surface area contributed by atoms with Crippen molar-refractivity contribution in [3.8, 4) is 0 Å². The third kappa shape index (κ3) is 36.2. The van der Waals surface area contributed by atoms with E-state index >= 15 is 0 Å². The molecule has 0 saturated heterocycles. The highest BCUT2D eigenvalue weighted by atomic mass is 16.5. The smallest absolute Gasteiger partial charge is 0.305 e. The second kappa shape index (κ2) is 39.4. The van der Waals surface area contributed by atoms with Crippen molar-refractivity contribution in [1.82, 2.24) is 5.32 Å². The summed E-state index contributed by atoms with van der Waals surface area (Å²) in [5, 5.41) is 23.0. The minimum atomic E-state index is -0.673. The predicted molar refractivity (Wildman–Crippen MR) is 209 cm³/mol. The van der Waals surface area contributed by atoms with Gasteiger partial charge in [-0.25, -0.2) is 0 Å². The molecule has 0 fully saturated rings. The van der Waals surface area contributed by atoms with Crippen LogP contribution in [-0.4, -0.2) is 47.4 Å². The Hall–Kier alpha value is -1.40. The lowest BCUT2D eigenvalue weighted by Crippen LogP contribution is -2.45. The zero-order valence-electron chi connectivity index (χ0n) is 32.7. The molecule has 6 heteroatoms. The molecule has 2 atom stereocenters. The molecule has 0 radical (unpaired) electrons. The number of rotatable bonds is 39. The number of hydrogen-bond acceptors (Lipinski definition) is 5. The zero-order chi connectivity index (χ0) is 35.9. The molecular weight excluding hydrogens is 610 g/mol. The van der Waals surface area contributed by atoms with Crippen molar-refractivity contribution in [2.24, 2.45) is 0 Å². The fraction of sp³-hybridized carbons (Fsp3) is 0.907. The second-order valence-corrected chi connectivity index (χ2v) is 14.7. The summed E-state index contributed by atoms with van der Waals surface area (Å²) in [6.07, 6.45) is 41.6. The summed E-state index contributed by atoms with van der Waals surface area (Å²) in [4.78, 5) is 24.3. The summed E-state index contributed by atoms with van der Waals surface area (Å²) in [6, 6.07) is -0.552. The topological polar surface area (TPSA) is 95.9 Å². The van der Waals surface area contributed by atoms with E-state index in [0.717, 1.165) is 57.8 Å². The van der Waals surface area contributed by atoms with Crippen molar-refractivity contribution in [3.63, 3.8) is 0 Å².